The van der Waals surface area contributed by atoms with E-state index < -0.39 is 0 Å². The lowest BCUT2D eigenvalue weighted by Gasteiger charge is -2.42. The summed E-state index contributed by atoms with van der Waals surface area (Å²) in [6, 6.07) is 0. The average Bonchev–Trinajstić information content (AvgIpc) is 2.67. The van der Waals surface area contributed by atoms with Crippen LogP contribution in [0.15, 0.2) is 0 Å². The lowest BCUT2D eigenvalue weighted by Crippen LogP contribution is -2.51. The molecule has 94 valence electrons. The smallest absolute Gasteiger partial charge is 0.148 e. The minimum Gasteiger partial charge on any atom is -0.381 e. The second kappa shape index (κ2) is 3.91. The molecule has 0 radical (unpaired) electrons. The Balaban J connectivity index is 1.92. The molecule has 1 aromatic rings. The van der Waals surface area contributed by atoms with Gasteiger partial charge in [-0.2, -0.15) is 5.10 Å². The molecule has 0 aliphatic carbocycles. The van der Waals surface area contributed by atoms with E-state index >= 15 is 0 Å². The van der Waals surface area contributed by atoms with Crippen molar-refractivity contribution in [1.82, 2.24) is 9.78 Å². The number of aromatic nitrogens is 2. The molecule has 5 nitrogen and oxygen atoms in total. The van der Waals surface area contributed by atoms with Gasteiger partial charge in [-0.1, -0.05) is 6.92 Å². The van der Waals surface area contributed by atoms with Gasteiger partial charge in [-0.3, -0.25) is 4.68 Å². The van der Waals surface area contributed by atoms with Crippen LogP contribution in [0.5, 0.6) is 0 Å². The van der Waals surface area contributed by atoms with Gasteiger partial charge in [-0.25, -0.2) is 0 Å². The summed E-state index contributed by atoms with van der Waals surface area (Å²) in [6.07, 6.45) is 3.09. The van der Waals surface area contributed by atoms with Crippen molar-refractivity contribution >= 4 is 11.5 Å². The van der Waals surface area contributed by atoms with Gasteiger partial charge in [0.2, 0.25) is 0 Å². The van der Waals surface area contributed by atoms with Crippen molar-refractivity contribution < 1.29 is 4.74 Å². The normalized spacial score (nSPS) is 21.8. The molecule has 5 heteroatoms. The minimum atomic E-state index is 0.157. The van der Waals surface area contributed by atoms with E-state index in [9.17, 15) is 0 Å². The van der Waals surface area contributed by atoms with Gasteiger partial charge in [0.25, 0.3) is 0 Å². The third-order valence-electron chi connectivity index (χ3n) is 3.89. The second-order valence-corrected chi connectivity index (χ2v) is 5.02. The van der Waals surface area contributed by atoms with Crippen LogP contribution in [-0.4, -0.2) is 35.1 Å². The van der Waals surface area contributed by atoms with Crippen molar-refractivity contribution in [1.29, 1.82) is 0 Å². The number of ether oxygens (including phenoxy) is 1. The van der Waals surface area contributed by atoms with Crippen LogP contribution in [-0.2, 0) is 18.2 Å². The summed E-state index contributed by atoms with van der Waals surface area (Å²) in [4.78, 5) is 0. The number of anilines is 2. The molecule has 3 rings (SSSR count). The lowest BCUT2D eigenvalue weighted by atomic mass is 9.88. The van der Waals surface area contributed by atoms with Crippen LogP contribution in [0.4, 0.5) is 11.5 Å². The van der Waals surface area contributed by atoms with Crippen LogP contribution in [0.1, 0.15) is 25.5 Å². The molecule has 3 heterocycles. The molecule has 1 fully saturated rings. The Morgan fingerprint density at radius 3 is 2.88 bits per heavy atom. The molecular weight excluding hydrogens is 216 g/mol. The number of nitrogens with one attached hydrogen (secondary N) is 2. The fraction of sp³-hybridized carbons (Fsp3) is 0.750. The molecule has 0 aromatic carbocycles. The van der Waals surface area contributed by atoms with Crippen LogP contribution >= 0.6 is 0 Å². The van der Waals surface area contributed by atoms with Crippen LogP contribution in [0.3, 0.4) is 0 Å². The molecule has 1 saturated heterocycles. The van der Waals surface area contributed by atoms with E-state index in [0.717, 1.165) is 50.5 Å². The summed E-state index contributed by atoms with van der Waals surface area (Å²) in [5, 5.41) is 11.8. The first kappa shape index (κ1) is 10.9. The van der Waals surface area contributed by atoms with Gasteiger partial charge in [-0.05, 0) is 19.3 Å². The first-order valence-corrected chi connectivity index (χ1v) is 6.40. The molecule has 0 unspecified atom stereocenters. The Bertz CT molecular complexity index is 420. The predicted octanol–water partition coefficient (Wildman–Crippen LogP) is 1.37. The van der Waals surface area contributed by atoms with Gasteiger partial charge in [0.05, 0.1) is 11.2 Å². The van der Waals surface area contributed by atoms with E-state index in [1.54, 1.807) is 0 Å². The Kier molecular flexibility index (Phi) is 2.50. The van der Waals surface area contributed by atoms with E-state index in [-0.39, 0.29) is 5.54 Å². The summed E-state index contributed by atoms with van der Waals surface area (Å²) >= 11 is 0. The Morgan fingerprint density at radius 1 is 1.41 bits per heavy atom. The van der Waals surface area contributed by atoms with Gasteiger partial charge in [0.1, 0.15) is 11.5 Å². The van der Waals surface area contributed by atoms with Gasteiger partial charge in [-0.15, -0.1) is 0 Å². The molecule has 2 aliphatic heterocycles. The SMILES string of the molecule is CCc1nn(C)c2c1NCC1(CCOCC1)N2. The molecule has 1 spiro atoms. The van der Waals surface area contributed by atoms with Crippen LogP contribution in [0.2, 0.25) is 0 Å². The van der Waals surface area contributed by atoms with Crippen molar-refractivity contribution in [2.45, 2.75) is 31.7 Å². The van der Waals surface area contributed by atoms with E-state index in [0.29, 0.717) is 0 Å². The van der Waals surface area contributed by atoms with E-state index in [1.165, 1.54) is 5.69 Å². The fourth-order valence-electron chi connectivity index (χ4n) is 2.77. The fourth-order valence-corrected chi connectivity index (χ4v) is 2.77. The van der Waals surface area contributed by atoms with Crippen molar-refractivity contribution in [2.24, 2.45) is 7.05 Å². The third-order valence-corrected chi connectivity index (χ3v) is 3.89. The molecular formula is C12H20N4O. The van der Waals surface area contributed by atoms with Gasteiger partial charge < -0.3 is 15.4 Å². The average molecular weight is 236 g/mol. The highest BCUT2D eigenvalue weighted by Crippen LogP contribution is 2.36. The second-order valence-electron chi connectivity index (χ2n) is 5.02. The molecule has 0 atom stereocenters. The molecule has 17 heavy (non-hydrogen) atoms. The lowest BCUT2D eigenvalue weighted by molar-refractivity contribution is 0.0632. The molecule has 1 aromatic heterocycles. The number of nitrogens with zero attached hydrogens (tertiary/aromatic N) is 2. The Hall–Kier alpha value is -1.23. The summed E-state index contributed by atoms with van der Waals surface area (Å²) in [7, 11) is 2.00. The van der Waals surface area contributed by atoms with Crippen molar-refractivity contribution in [2.75, 3.05) is 30.4 Å². The molecule has 2 aliphatic rings. The number of hydrogen-bond donors (Lipinski definition) is 2. The van der Waals surface area contributed by atoms with E-state index in [2.05, 4.69) is 22.7 Å². The molecule has 0 saturated carbocycles. The zero-order valence-electron chi connectivity index (χ0n) is 10.5. The van der Waals surface area contributed by atoms with E-state index in [1.807, 2.05) is 11.7 Å². The zero-order valence-corrected chi connectivity index (χ0v) is 10.5. The number of rotatable bonds is 1. The predicted molar refractivity (Wildman–Crippen MR) is 67.5 cm³/mol. The maximum atomic E-state index is 5.45. The minimum absolute atomic E-state index is 0.157. The first-order valence-electron chi connectivity index (χ1n) is 6.40. The Morgan fingerprint density at radius 2 is 2.18 bits per heavy atom. The number of aryl methyl sites for hydroxylation is 2. The molecule has 0 amide bonds. The highest BCUT2D eigenvalue weighted by Gasteiger charge is 2.37. The largest absolute Gasteiger partial charge is 0.381 e. The quantitative estimate of drug-likeness (QED) is 0.773. The summed E-state index contributed by atoms with van der Waals surface area (Å²) < 4.78 is 7.41. The van der Waals surface area contributed by atoms with Gasteiger partial charge >= 0.3 is 0 Å². The topological polar surface area (TPSA) is 51.1 Å². The molecule has 2 N–H and O–H groups in total. The van der Waals surface area contributed by atoms with Crippen molar-refractivity contribution in [3.05, 3.63) is 5.69 Å². The van der Waals surface area contributed by atoms with Crippen molar-refractivity contribution in [3.8, 4) is 0 Å². The highest BCUT2D eigenvalue weighted by molar-refractivity contribution is 5.71. The monoisotopic (exact) mass is 236 g/mol. The van der Waals surface area contributed by atoms with Crippen LogP contribution < -0.4 is 10.6 Å². The maximum absolute atomic E-state index is 5.45. The first-order chi connectivity index (χ1) is 8.24. The Labute approximate surface area is 102 Å². The third kappa shape index (κ3) is 1.69. The van der Waals surface area contributed by atoms with Crippen LogP contribution in [0, 0.1) is 0 Å². The molecule has 0 bridgehead atoms. The number of fused-ring (bicyclic) bond motifs is 1. The summed E-state index contributed by atoms with van der Waals surface area (Å²) in [5.41, 5.74) is 2.49. The van der Waals surface area contributed by atoms with E-state index in [4.69, 9.17) is 4.74 Å². The summed E-state index contributed by atoms with van der Waals surface area (Å²) in [5.74, 6) is 1.13. The van der Waals surface area contributed by atoms with Crippen molar-refractivity contribution in [3.63, 3.8) is 0 Å². The maximum Gasteiger partial charge on any atom is 0.148 e. The van der Waals surface area contributed by atoms with Gasteiger partial charge in [0.15, 0.2) is 0 Å². The standard InChI is InChI=1S/C12H20N4O/c1-3-9-10-11(16(2)15-9)14-12(8-13-10)4-6-17-7-5-12/h13-14H,3-8H2,1-2H3. The highest BCUT2D eigenvalue weighted by atomic mass is 16.5. The number of hydrogen-bond acceptors (Lipinski definition) is 4. The summed E-state index contributed by atoms with van der Waals surface area (Å²) in [6.45, 7) is 4.82. The van der Waals surface area contributed by atoms with Crippen LogP contribution in [0.25, 0.3) is 0 Å². The zero-order chi connectivity index (χ0) is 11.9. The van der Waals surface area contributed by atoms with Gasteiger partial charge in [0, 0.05) is 26.8 Å².